The highest BCUT2D eigenvalue weighted by atomic mass is 16.4. The van der Waals surface area contributed by atoms with Crippen molar-refractivity contribution in [2.75, 3.05) is 0 Å². The van der Waals surface area contributed by atoms with Crippen molar-refractivity contribution in [2.45, 2.75) is 6.92 Å². The van der Waals surface area contributed by atoms with Gasteiger partial charge in [0.05, 0.1) is 5.56 Å². The van der Waals surface area contributed by atoms with E-state index in [9.17, 15) is 15.0 Å². The first-order valence-corrected chi connectivity index (χ1v) is 6.11. The number of fused-ring (bicyclic) bond motifs is 1. The second-order valence-corrected chi connectivity index (χ2v) is 4.67. The smallest absolute Gasteiger partial charge is 0.344 e. The molecule has 0 unspecified atom stereocenters. The first-order valence-electron chi connectivity index (χ1n) is 6.11. The summed E-state index contributed by atoms with van der Waals surface area (Å²) in [4.78, 5) is 12.0. The Labute approximate surface area is 114 Å². The average molecular weight is 268 g/mol. The monoisotopic (exact) mass is 268 g/mol. The molecule has 4 heteroatoms. The largest absolute Gasteiger partial charge is 0.508 e. The summed E-state index contributed by atoms with van der Waals surface area (Å²) in [6.45, 7) is 1.74. The Bertz CT molecular complexity index is 845. The van der Waals surface area contributed by atoms with E-state index in [0.717, 1.165) is 0 Å². The van der Waals surface area contributed by atoms with Gasteiger partial charge < -0.3 is 14.6 Å². The van der Waals surface area contributed by atoms with E-state index in [1.165, 1.54) is 12.1 Å². The van der Waals surface area contributed by atoms with Crippen LogP contribution in [0.2, 0.25) is 0 Å². The van der Waals surface area contributed by atoms with Gasteiger partial charge in [-0.15, -0.1) is 0 Å². The van der Waals surface area contributed by atoms with Gasteiger partial charge in [0, 0.05) is 5.39 Å². The molecular formula is C16H12O4. The first kappa shape index (κ1) is 12.3. The molecule has 0 aliphatic rings. The molecule has 2 aromatic carbocycles. The molecule has 0 saturated heterocycles. The van der Waals surface area contributed by atoms with E-state index in [2.05, 4.69) is 0 Å². The Balaban J connectivity index is 2.26. The zero-order chi connectivity index (χ0) is 14.3. The van der Waals surface area contributed by atoms with E-state index in [1.54, 1.807) is 37.3 Å². The predicted molar refractivity (Wildman–Crippen MR) is 76.0 cm³/mol. The Morgan fingerprint density at radius 1 is 1.00 bits per heavy atom. The van der Waals surface area contributed by atoms with Gasteiger partial charge in [0.15, 0.2) is 0 Å². The van der Waals surface area contributed by atoms with Crippen LogP contribution in [0.3, 0.4) is 0 Å². The van der Waals surface area contributed by atoms with Crippen molar-refractivity contribution in [2.24, 2.45) is 0 Å². The summed E-state index contributed by atoms with van der Waals surface area (Å²) in [5, 5.41) is 19.7. The lowest BCUT2D eigenvalue weighted by Crippen LogP contribution is -2.02. The molecule has 1 heterocycles. The van der Waals surface area contributed by atoms with Gasteiger partial charge in [-0.05, 0) is 48.4 Å². The molecule has 3 aromatic rings. The maximum Gasteiger partial charge on any atom is 0.344 e. The van der Waals surface area contributed by atoms with Gasteiger partial charge in [0.25, 0.3) is 0 Å². The van der Waals surface area contributed by atoms with Crippen molar-refractivity contribution < 1.29 is 14.6 Å². The third kappa shape index (κ3) is 2.01. The number of phenols is 2. The van der Waals surface area contributed by atoms with Crippen molar-refractivity contribution in [1.29, 1.82) is 0 Å². The summed E-state index contributed by atoms with van der Waals surface area (Å²) in [6, 6.07) is 11.2. The Morgan fingerprint density at radius 3 is 2.40 bits per heavy atom. The number of hydrogen-bond acceptors (Lipinski definition) is 4. The average Bonchev–Trinajstić information content (AvgIpc) is 2.41. The molecule has 0 aliphatic carbocycles. The van der Waals surface area contributed by atoms with Gasteiger partial charge in [-0.3, -0.25) is 0 Å². The molecule has 0 aliphatic heterocycles. The summed E-state index contributed by atoms with van der Waals surface area (Å²) >= 11 is 0. The van der Waals surface area contributed by atoms with E-state index < -0.39 is 5.63 Å². The number of rotatable bonds is 1. The van der Waals surface area contributed by atoms with Crippen LogP contribution in [0.25, 0.3) is 22.1 Å². The molecule has 0 radical (unpaired) electrons. The van der Waals surface area contributed by atoms with Crippen molar-refractivity contribution in [1.82, 2.24) is 0 Å². The van der Waals surface area contributed by atoms with Crippen LogP contribution in [-0.2, 0) is 0 Å². The molecule has 20 heavy (non-hydrogen) atoms. The highest BCUT2D eigenvalue weighted by Crippen LogP contribution is 2.27. The van der Waals surface area contributed by atoms with Crippen LogP contribution in [0, 0.1) is 6.92 Å². The molecule has 0 spiro atoms. The van der Waals surface area contributed by atoms with E-state index in [4.69, 9.17) is 4.42 Å². The Kier molecular flexibility index (Phi) is 2.71. The molecule has 0 saturated carbocycles. The molecular weight excluding hydrogens is 256 g/mol. The third-order valence-corrected chi connectivity index (χ3v) is 3.23. The van der Waals surface area contributed by atoms with Crippen LogP contribution < -0.4 is 5.63 Å². The number of aromatic hydroxyl groups is 2. The van der Waals surface area contributed by atoms with Crippen LogP contribution in [0.4, 0.5) is 0 Å². The standard InChI is InChI=1S/C16H12O4/c1-9-6-15-11(8-14(9)18)7-13(16(19)20-15)10-2-4-12(17)5-3-10/h2-8,17-18H,1H3. The summed E-state index contributed by atoms with van der Waals surface area (Å²) in [7, 11) is 0. The topological polar surface area (TPSA) is 70.7 Å². The summed E-state index contributed by atoms with van der Waals surface area (Å²) < 4.78 is 5.28. The molecule has 2 N–H and O–H groups in total. The number of hydrogen-bond donors (Lipinski definition) is 2. The van der Waals surface area contributed by atoms with Gasteiger partial charge >= 0.3 is 5.63 Å². The van der Waals surface area contributed by atoms with E-state index in [-0.39, 0.29) is 11.5 Å². The minimum absolute atomic E-state index is 0.132. The number of aryl methyl sites for hydroxylation is 1. The van der Waals surface area contributed by atoms with Gasteiger partial charge in [-0.25, -0.2) is 4.79 Å². The molecule has 100 valence electrons. The Hall–Kier alpha value is -2.75. The van der Waals surface area contributed by atoms with Crippen molar-refractivity contribution in [3.8, 4) is 22.6 Å². The first-order chi connectivity index (χ1) is 9.54. The zero-order valence-electron chi connectivity index (χ0n) is 10.8. The summed E-state index contributed by atoms with van der Waals surface area (Å²) in [5.74, 6) is 0.287. The SMILES string of the molecule is Cc1cc2oc(=O)c(-c3ccc(O)cc3)cc2cc1O. The quantitative estimate of drug-likeness (QED) is 0.665. The minimum Gasteiger partial charge on any atom is -0.508 e. The van der Waals surface area contributed by atoms with Crippen LogP contribution in [0.15, 0.2) is 51.7 Å². The zero-order valence-corrected chi connectivity index (χ0v) is 10.8. The van der Waals surface area contributed by atoms with Crippen molar-refractivity contribution in [3.63, 3.8) is 0 Å². The normalized spacial score (nSPS) is 10.8. The fourth-order valence-electron chi connectivity index (χ4n) is 2.10. The van der Waals surface area contributed by atoms with Crippen LogP contribution in [-0.4, -0.2) is 10.2 Å². The number of phenolic OH excluding ortho intramolecular Hbond substituents is 2. The van der Waals surface area contributed by atoms with E-state index in [0.29, 0.717) is 27.7 Å². The highest BCUT2D eigenvalue weighted by Gasteiger charge is 2.09. The summed E-state index contributed by atoms with van der Waals surface area (Å²) in [6.07, 6.45) is 0. The maximum absolute atomic E-state index is 12.0. The molecule has 4 nitrogen and oxygen atoms in total. The van der Waals surface area contributed by atoms with Crippen LogP contribution >= 0.6 is 0 Å². The second kappa shape index (κ2) is 4.42. The number of benzene rings is 2. The minimum atomic E-state index is -0.451. The van der Waals surface area contributed by atoms with Crippen LogP contribution in [0.1, 0.15) is 5.56 Å². The molecule has 0 bridgehead atoms. The van der Waals surface area contributed by atoms with Gasteiger partial charge in [-0.1, -0.05) is 12.1 Å². The molecule has 1 aromatic heterocycles. The highest BCUT2D eigenvalue weighted by molar-refractivity contribution is 5.83. The lowest BCUT2D eigenvalue weighted by molar-refractivity contribution is 0.471. The maximum atomic E-state index is 12.0. The van der Waals surface area contributed by atoms with E-state index in [1.807, 2.05) is 0 Å². The molecule has 0 atom stereocenters. The fraction of sp³-hybridized carbons (Fsp3) is 0.0625. The van der Waals surface area contributed by atoms with Gasteiger partial charge in [0.1, 0.15) is 17.1 Å². The lowest BCUT2D eigenvalue weighted by atomic mass is 10.0. The fourth-order valence-corrected chi connectivity index (χ4v) is 2.10. The second-order valence-electron chi connectivity index (χ2n) is 4.67. The Morgan fingerprint density at radius 2 is 1.70 bits per heavy atom. The van der Waals surface area contributed by atoms with Crippen LogP contribution in [0.5, 0.6) is 11.5 Å². The van der Waals surface area contributed by atoms with Crippen molar-refractivity contribution >= 4 is 11.0 Å². The van der Waals surface area contributed by atoms with Gasteiger partial charge in [-0.2, -0.15) is 0 Å². The lowest BCUT2D eigenvalue weighted by Gasteiger charge is -2.05. The summed E-state index contributed by atoms with van der Waals surface area (Å²) in [5.41, 5.74) is 1.68. The van der Waals surface area contributed by atoms with Crippen molar-refractivity contribution in [3.05, 3.63) is 58.4 Å². The third-order valence-electron chi connectivity index (χ3n) is 3.23. The van der Waals surface area contributed by atoms with E-state index >= 15 is 0 Å². The predicted octanol–water partition coefficient (Wildman–Crippen LogP) is 3.18. The molecule has 0 amide bonds. The molecule has 3 rings (SSSR count). The molecule has 0 fully saturated rings. The van der Waals surface area contributed by atoms with Gasteiger partial charge in [0.2, 0.25) is 0 Å².